The van der Waals surface area contributed by atoms with Gasteiger partial charge in [0.1, 0.15) is 5.82 Å². The van der Waals surface area contributed by atoms with Gasteiger partial charge in [-0.15, -0.1) is 0 Å². The third-order valence-corrected chi connectivity index (χ3v) is 3.34. The second kappa shape index (κ2) is 9.12. The van der Waals surface area contributed by atoms with Crippen molar-refractivity contribution in [2.75, 3.05) is 7.05 Å². The standard InChI is InChI=1S/C19H17FN2O4/c1-21-19(25)22-18(24)17(14-8-3-2-4-9-14)26-16(23)12-11-13-7-5-6-10-15(13)20/h2-12,17H,1H3,(H2,21,22,24,25)/b12-11+/t17-/m1/s1. The van der Waals surface area contributed by atoms with Gasteiger partial charge in [-0.25, -0.2) is 14.0 Å². The normalized spacial score (nSPS) is 11.6. The molecule has 6 nitrogen and oxygen atoms in total. The van der Waals surface area contributed by atoms with E-state index >= 15 is 0 Å². The van der Waals surface area contributed by atoms with Crippen LogP contribution in [0.1, 0.15) is 17.2 Å². The summed E-state index contributed by atoms with van der Waals surface area (Å²) >= 11 is 0. The number of hydrogen-bond acceptors (Lipinski definition) is 4. The first-order valence-electron chi connectivity index (χ1n) is 7.72. The third kappa shape index (κ3) is 5.27. The van der Waals surface area contributed by atoms with E-state index in [0.717, 1.165) is 6.08 Å². The molecule has 2 aromatic rings. The minimum Gasteiger partial charge on any atom is -0.444 e. The fourth-order valence-corrected chi connectivity index (χ4v) is 2.06. The highest BCUT2D eigenvalue weighted by molar-refractivity contribution is 5.98. The molecule has 0 aromatic heterocycles. The number of benzene rings is 2. The summed E-state index contributed by atoms with van der Waals surface area (Å²) in [5.41, 5.74) is 0.595. The molecule has 2 rings (SSSR count). The Balaban J connectivity index is 2.15. The molecule has 0 radical (unpaired) electrons. The Kier molecular flexibility index (Phi) is 6.61. The van der Waals surface area contributed by atoms with Crippen molar-refractivity contribution in [3.05, 3.63) is 77.6 Å². The highest BCUT2D eigenvalue weighted by Crippen LogP contribution is 2.18. The van der Waals surface area contributed by atoms with Crippen LogP contribution in [-0.2, 0) is 14.3 Å². The van der Waals surface area contributed by atoms with Crippen molar-refractivity contribution in [1.82, 2.24) is 10.6 Å². The number of halogens is 1. The number of ether oxygens (including phenoxy) is 1. The molecule has 0 spiro atoms. The molecule has 2 N–H and O–H groups in total. The molecule has 3 amide bonds. The molecule has 1 atom stereocenters. The molecule has 0 aliphatic rings. The smallest absolute Gasteiger partial charge is 0.331 e. The quantitative estimate of drug-likeness (QED) is 0.637. The van der Waals surface area contributed by atoms with E-state index in [1.165, 1.54) is 31.3 Å². The van der Waals surface area contributed by atoms with Gasteiger partial charge in [0.05, 0.1) is 0 Å². The van der Waals surface area contributed by atoms with E-state index in [1.54, 1.807) is 36.4 Å². The second-order valence-electron chi connectivity index (χ2n) is 5.15. The lowest BCUT2D eigenvalue weighted by Gasteiger charge is -2.16. The SMILES string of the molecule is CNC(=O)NC(=O)[C@H](OC(=O)/C=C/c1ccccc1F)c1ccccc1. The number of nitrogens with one attached hydrogen (secondary N) is 2. The van der Waals surface area contributed by atoms with Crippen LogP contribution in [0.2, 0.25) is 0 Å². The summed E-state index contributed by atoms with van der Waals surface area (Å²) in [4.78, 5) is 35.7. The Bertz CT molecular complexity index is 821. The molecule has 0 aliphatic heterocycles. The predicted molar refractivity (Wildman–Crippen MR) is 93.3 cm³/mol. The van der Waals surface area contributed by atoms with Gasteiger partial charge in [0.25, 0.3) is 5.91 Å². The minimum atomic E-state index is -1.33. The number of carbonyl (C=O) groups excluding carboxylic acids is 3. The molecule has 0 aliphatic carbocycles. The summed E-state index contributed by atoms with van der Waals surface area (Å²) in [5.74, 6) is -2.15. The van der Waals surface area contributed by atoms with Gasteiger partial charge < -0.3 is 10.1 Å². The third-order valence-electron chi connectivity index (χ3n) is 3.34. The van der Waals surface area contributed by atoms with Crippen LogP contribution in [0.4, 0.5) is 9.18 Å². The maximum Gasteiger partial charge on any atom is 0.331 e. The Hall–Kier alpha value is -3.48. The zero-order valence-electron chi connectivity index (χ0n) is 13.9. The summed E-state index contributed by atoms with van der Waals surface area (Å²) in [6.07, 6.45) is 0.934. The van der Waals surface area contributed by atoms with Gasteiger partial charge in [0.15, 0.2) is 0 Å². The first-order chi connectivity index (χ1) is 12.5. The zero-order valence-corrected chi connectivity index (χ0v) is 13.9. The monoisotopic (exact) mass is 356 g/mol. The van der Waals surface area contributed by atoms with E-state index in [-0.39, 0.29) is 5.56 Å². The fourth-order valence-electron chi connectivity index (χ4n) is 2.06. The van der Waals surface area contributed by atoms with E-state index in [9.17, 15) is 18.8 Å². The van der Waals surface area contributed by atoms with Crippen LogP contribution < -0.4 is 10.6 Å². The molecular weight excluding hydrogens is 339 g/mol. The fraction of sp³-hybridized carbons (Fsp3) is 0.105. The average molecular weight is 356 g/mol. The number of esters is 1. The second-order valence-corrected chi connectivity index (χ2v) is 5.15. The lowest BCUT2D eigenvalue weighted by molar-refractivity contribution is -0.151. The van der Waals surface area contributed by atoms with Gasteiger partial charge in [0, 0.05) is 24.3 Å². The van der Waals surface area contributed by atoms with Gasteiger partial charge in [-0.2, -0.15) is 0 Å². The molecule has 0 heterocycles. The van der Waals surface area contributed by atoms with Crippen LogP contribution in [0.3, 0.4) is 0 Å². The van der Waals surface area contributed by atoms with E-state index in [0.29, 0.717) is 5.56 Å². The minimum absolute atomic E-state index is 0.204. The van der Waals surface area contributed by atoms with Crippen LogP contribution in [0, 0.1) is 5.82 Å². The Morgan fingerprint density at radius 2 is 1.69 bits per heavy atom. The van der Waals surface area contributed by atoms with E-state index in [1.807, 2.05) is 0 Å². The largest absolute Gasteiger partial charge is 0.444 e. The lowest BCUT2D eigenvalue weighted by Crippen LogP contribution is -2.41. The zero-order chi connectivity index (χ0) is 18.9. The predicted octanol–water partition coefficient (Wildman–Crippen LogP) is 2.58. The molecule has 134 valence electrons. The van der Waals surface area contributed by atoms with Crippen molar-refractivity contribution in [3.8, 4) is 0 Å². The molecule has 0 fully saturated rings. The van der Waals surface area contributed by atoms with Crippen LogP contribution >= 0.6 is 0 Å². The molecule has 7 heteroatoms. The summed E-state index contributed by atoms with van der Waals surface area (Å²) in [6.45, 7) is 0. The Labute approximate surface area is 149 Å². The van der Waals surface area contributed by atoms with E-state index in [4.69, 9.17) is 4.74 Å². The maximum atomic E-state index is 13.6. The van der Waals surface area contributed by atoms with Crippen molar-refractivity contribution in [2.45, 2.75) is 6.10 Å². The van der Waals surface area contributed by atoms with Gasteiger partial charge in [-0.1, -0.05) is 48.5 Å². The Morgan fingerprint density at radius 3 is 2.35 bits per heavy atom. The molecule has 26 heavy (non-hydrogen) atoms. The van der Waals surface area contributed by atoms with Crippen molar-refractivity contribution >= 4 is 24.0 Å². The van der Waals surface area contributed by atoms with E-state index in [2.05, 4.69) is 10.6 Å². The van der Waals surface area contributed by atoms with Gasteiger partial charge in [0.2, 0.25) is 6.10 Å². The lowest BCUT2D eigenvalue weighted by atomic mass is 10.1. The first kappa shape index (κ1) is 18.9. The van der Waals surface area contributed by atoms with Crippen LogP contribution in [0.5, 0.6) is 0 Å². The van der Waals surface area contributed by atoms with Gasteiger partial charge in [-0.05, 0) is 12.1 Å². The topological polar surface area (TPSA) is 84.5 Å². The molecule has 2 aromatic carbocycles. The number of urea groups is 1. The average Bonchev–Trinajstić information content (AvgIpc) is 2.66. The molecular formula is C19H17FN2O4. The van der Waals surface area contributed by atoms with Crippen LogP contribution in [0.25, 0.3) is 6.08 Å². The number of hydrogen-bond donors (Lipinski definition) is 2. The van der Waals surface area contributed by atoms with E-state index < -0.39 is 29.8 Å². The highest BCUT2D eigenvalue weighted by Gasteiger charge is 2.25. The van der Waals surface area contributed by atoms with Crippen molar-refractivity contribution in [3.63, 3.8) is 0 Å². The highest BCUT2D eigenvalue weighted by atomic mass is 19.1. The van der Waals surface area contributed by atoms with Crippen LogP contribution in [-0.4, -0.2) is 25.0 Å². The summed E-state index contributed by atoms with van der Waals surface area (Å²) in [6, 6.07) is 13.4. The number of imide groups is 1. The molecule has 0 saturated carbocycles. The van der Waals surface area contributed by atoms with Crippen molar-refractivity contribution < 1.29 is 23.5 Å². The summed E-state index contributed by atoms with van der Waals surface area (Å²) in [5, 5.41) is 4.31. The number of amides is 3. The summed E-state index contributed by atoms with van der Waals surface area (Å²) in [7, 11) is 1.35. The maximum absolute atomic E-state index is 13.6. The van der Waals surface area contributed by atoms with Crippen LogP contribution in [0.15, 0.2) is 60.7 Å². The van der Waals surface area contributed by atoms with Crippen molar-refractivity contribution in [2.24, 2.45) is 0 Å². The van der Waals surface area contributed by atoms with Gasteiger partial charge in [-0.3, -0.25) is 10.1 Å². The molecule has 0 saturated heterocycles. The number of carbonyl (C=O) groups is 3. The summed E-state index contributed by atoms with van der Waals surface area (Å²) < 4.78 is 18.7. The van der Waals surface area contributed by atoms with Crippen molar-refractivity contribution in [1.29, 1.82) is 0 Å². The first-order valence-corrected chi connectivity index (χ1v) is 7.72. The van der Waals surface area contributed by atoms with Gasteiger partial charge >= 0.3 is 12.0 Å². The molecule has 0 unspecified atom stereocenters. The Morgan fingerprint density at radius 1 is 1.04 bits per heavy atom. The number of rotatable bonds is 5. The molecule has 0 bridgehead atoms.